The molecule has 0 aliphatic heterocycles. The third-order valence-electron chi connectivity index (χ3n) is 4.00. The zero-order valence-electron chi connectivity index (χ0n) is 14.5. The molecule has 27 heavy (non-hydrogen) atoms. The molecule has 0 amide bonds. The molecular formula is C19H15ClF2N2O3. The predicted molar refractivity (Wildman–Crippen MR) is 96.8 cm³/mol. The van der Waals surface area contributed by atoms with E-state index in [4.69, 9.17) is 16.3 Å². The Balaban J connectivity index is 1.92. The summed E-state index contributed by atoms with van der Waals surface area (Å²) in [6.07, 6.45) is 3.06. The smallest absolute Gasteiger partial charge is 0.277 e. The largest absolute Gasteiger partial charge is 0.487 e. The van der Waals surface area contributed by atoms with Gasteiger partial charge in [-0.3, -0.25) is 18.7 Å². The highest BCUT2D eigenvalue weighted by atomic mass is 35.5. The molecule has 5 nitrogen and oxygen atoms in total. The molecule has 0 aliphatic rings. The summed E-state index contributed by atoms with van der Waals surface area (Å²) >= 11 is 6.14. The molecule has 0 atom stereocenters. The van der Waals surface area contributed by atoms with Gasteiger partial charge in [0.25, 0.3) is 5.56 Å². The van der Waals surface area contributed by atoms with Gasteiger partial charge in [-0.25, -0.2) is 8.78 Å². The van der Waals surface area contributed by atoms with Crippen molar-refractivity contribution in [1.29, 1.82) is 0 Å². The van der Waals surface area contributed by atoms with Crippen LogP contribution in [-0.4, -0.2) is 15.0 Å². The van der Waals surface area contributed by atoms with Gasteiger partial charge in [0.05, 0.1) is 5.69 Å². The van der Waals surface area contributed by atoms with Gasteiger partial charge in [0.15, 0.2) is 0 Å². The Kier molecular flexibility index (Phi) is 5.14. The Morgan fingerprint density at radius 3 is 2.59 bits per heavy atom. The van der Waals surface area contributed by atoms with E-state index in [1.165, 1.54) is 34.4 Å². The molecule has 0 aliphatic carbocycles. The number of benzene rings is 1. The number of carbonyl (C=O) groups excluding carboxylic acids is 1. The molecular weight excluding hydrogens is 378 g/mol. The van der Waals surface area contributed by atoms with E-state index in [2.05, 4.69) is 0 Å². The fourth-order valence-corrected chi connectivity index (χ4v) is 2.81. The van der Waals surface area contributed by atoms with E-state index in [1.807, 2.05) is 0 Å². The van der Waals surface area contributed by atoms with Crippen LogP contribution in [0.2, 0.25) is 5.02 Å². The summed E-state index contributed by atoms with van der Waals surface area (Å²) in [7, 11) is 0. The molecule has 2 aromatic heterocycles. The lowest BCUT2D eigenvalue weighted by Crippen LogP contribution is -2.21. The van der Waals surface area contributed by atoms with Crippen molar-refractivity contribution in [1.82, 2.24) is 9.13 Å². The number of aromatic nitrogens is 2. The normalized spacial score (nSPS) is 10.9. The molecule has 0 spiro atoms. The van der Waals surface area contributed by atoms with Crippen molar-refractivity contribution >= 4 is 17.5 Å². The molecule has 8 heteroatoms. The molecule has 0 radical (unpaired) electrons. The van der Waals surface area contributed by atoms with Gasteiger partial charge in [-0.1, -0.05) is 11.6 Å². The first-order valence-corrected chi connectivity index (χ1v) is 8.34. The highest BCUT2D eigenvalue weighted by Gasteiger charge is 2.16. The molecule has 0 bridgehead atoms. The summed E-state index contributed by atoms with van der Waals surface area (Å²) in [5, 5.41) is -0.182. The average molecular weight is 393 g/mol. The Bertz CT molecular complexity index is 1090. The van der Waals surface area contributed by atoms with Gasteiger partial charge in [0.2, 0.25) is 5.91 Å². The first-order valence-electron chi connectivity index (χ1n) is 7.96. The maximum Gasteiger partial charge on any atom is 0.277 e. The number of hydrogen-bond acceptors (Lipinski definition) is 3. The second-order valence-corrected chi connectivity index (χ2v) is 6.30. The van der Waals surface area contributed by atoms with Crippen LogP contribution in [0, 0.1) is 18.6 Å². The molecule has 3 aromatic rings. The van der Waals surface area contributed by atoms with Gasteiger partial charge in [0.1, 0.15) is 29.0 Å². The van der Waals surface area contributed by atoms with Crippen LogP contribution >= 0.6 is 11.6 Å². The summed E-state index contributed by atoms with van der Waals surface area (Å²) in [5.74, 6) is -1.54. The quantitative estimate of drug-likeness (QED) is 0.671. The predicted octanol–water partition coefficient (Wildman–Crippen LogP) is 4.12. The lowest BCUT2D eigenvalue weighted by molar-refractivity contribution is 0.0937. The van der Waals surface area contributed by atoms with Crippen LogP contribution in [0.5, 0.6) is 5.75 Å². The molecule has 0 saturated heterocycles. The number of ether oxygens (including phenoxy) is 1. The van der Waals surface area contributed by atoms with E-state index in [0.717, 1.165) is 12.1 Å². The zero-order chi connectivity index (χ0) is 19.7. The Morgan fingerprint density at radius 1 is 1.22 bits per heavy atom. The Hall–Kier alpha value is -2.93. The number of rotatable bonds is 4. The monoisotopic (exact) mass is 392 g/mol. The molecule has 0 N–H and O–H groups in total. The zero-order valence-corrected chi connectivity index (χ0v) is 15.3. The van der Waals surface area contributed by atoms with Gasteiger partial charge >= 0.3 is 0 Å². The fraction of sp³-hybridized carbons (Fsp3) is 0.158. The maximum atomic E-state index is 13.7. The van der Waals surface area contributed by atoms with E-state index in [0.29, 0.717) is 11.4 Å². The first kappa shape index (κ1) is 18.8. The van der Waals surface area contributed by atoms with Gasteiger partial charge < -0.3 is 4.74 Å². The van der Waals surface area contributed by atoms with Gasteiger partial charge in [-0.2, -0.15) is 0 Å². The molecule has 2 heterocycles. The van der Waals surface area contributed by atoms with Crippen LogP contribution in [0.25, 0.3) is 5.69 Å². The molecule has 1 aromatic carbocycles. The number of halogens is 3. The van der Waals surface area contributed by atoms with E-state index < -0.39 is 17.2 Å². The number of nitrogens with zero attached hydrogens (tertiary/aromatic N) is 2. The highest BCUT2D eigenvalue weighted by molar-refractivity contribution is 6.31. The van der Waals surface area contributed by atoms with Gasteiger partial charge in [0, 0.05) is 42.7 Å². The van der Waals surface area contributed by atoms with Crippen molar-refractivity contribution in [3.05, 3.63) is 81.0 Å². The van der Waals surface area contributed by atoms with Crippen molar-refractivity contribution in [2.75, 3.05) is 0 Å². The second-order valence-electron chi connectivity index (χ2n) is 5.92. The summed E-state index contributed by atoms with van der Waals surface area (Å²) < 4.78 is 34.8. The summed E-state index contributed by atoms with van der Waals surface area (Å²) in [4.78, 5) is 24.1. The van der Waals surface area contributed by atoms with Crippen LogP contribution in [0.3, 0.4) is 0 Å². The molecule has 3 rings (SSSR count). The minimum atomic E-state index is -0.748. The minimum Gasteiger partial charge on any atom is -0.487 e. The lowest BCUT2D eigenvalue weighted by Gasteiger charge is -2.13. The Labute approximate surface area is 158 Å². The number of pyridine rings is 1. The van der Waals surface area contributed by atoms with Crippen molar-refractivity contribution in [2.24, 2.45) is 0 Å². The van der Waals surface area contributed by atoms with Crippen LogP contribution in [-0.2, 0) is 6.61 Å². The average Bonchev–Trinajstić information content (AvgIpc) is 3.08. The standard InChI is InChI=1S/C19H15ClF2N2O3/c1-11-7-17(27-10-13-3-4-14(21)8-16(13)22)18(20)19(26)24(11)15-5-6-23(9-15)12(2)25/h3-9H,10H2,1-2H3. The van der Waals surface area contributed by atoms with E-state index in [9.17, 15) is 18.4 Å². The summed E-state index contributed by atoms with van der Waals surface area (Å²) in [6.45, 7) is 2.86. The number of carbonyl (C=O) groups is 1. The number of aryl methyl sites for hydroxylation is 1. The molecule has 0 saturated carbocycles. The van der Waals surface area contributed by atoms with E-state index in [-0.39, 0.29) is 28.8 Å². The molecule has 0 fully saturated rings. The van der Waals surface area contributed by atoms with Crippen molar-refractivity contribution in [2.45, 2.75) is 20.5 Å². The van der Waals surface area contributed by atoms with Crippen molar-refractivity contribution in [3.8, 4) is 11.4 Å². The number of hydrogen-bond donors (Lipinski definition) is 0. The Morgan fingerprint density at radius 2 is 1.96 bits per heavy atom. The lowest BCUT2D eigenvalue weighted by atomic mass is 10.2. The van der Waals surface area contributed by atoms with Gasteiger partial charge in [-0.05, 0) is 25.1 Å². The van der Waals surface area contributed by atoms with E-state index in [1.54, 1.807) is 19.2 Å². The minimum absolute atomic E-state index is 0.0881. The second kappa shape index (κ2) is 7.36. The van der Waals surface area contributed by atoms with Gasteiger partial charge in [-0.15, -0.1) is 0 Å². The highest BCUT2D eigenvalue weighted by Crippen LogP contribution is 2.25. The third-order valence-corrected chi connectivity index (χ3v) is 4.35. The SMILES string of the molecule is CC(=O)n1ccc(-n2c(C)cc(OCc3ccc(F)cc3F)c(Cl)c2=O)c1. The molecule has 140 valence electrons. The topological polar surface area (TPSA) is 53.2 Å². The summed E-state index contributed by atoms with van der Waals surface area (Å²) in [6, 6.07) is 6.28. The first-order chi connectivity index (χ1) is 12.8. The van der Waals surface area contributed by atoms with Crippen LogP contribution in [0.15, 0.2) is 47.5 Å². The maximum absolute atomic E-state index is 13.7. The van der Waals surface area contributed by atoms with E-state index >= 15 is 0 Å². The van der Waals surface area contributed by atoms with Crippen LogP contribution < -0.4 is 10.3 Å². The van der Waals surface area contributed by atoms with Crippen molar-refractivity contribution in [3.63, 3.8) is 0 Å². The summed E-state index contributed by atoms with van der Waals surface area (Å²) in [5.41, 5.74) is 0.589. The van der Waals surface area contributed by atoms with Crippen molar-refractivity contribution < 1.29 is 18.3 Å². The van der Waals surface area contributed by atoms with Crippen LogP contribution in [0.4, 0.5) is 8.78 Å². The van der Waals surface area contributed by atoms with Crippen LogP contribution in [0.1, 0.15) is 23.0 Å². The fourth-order valence-electron chi connectivity index (χ4n) is 2.61. The third kappa shape index (κ3) is 3.78. The molecule has 0 unspecified atom stereocenters.